The van der Waals surface area contributed by atoms with E-state index in [-0.39, 0.29) is 4.71 Å². The van der Waals surface area contributed by atoms with Crippen molar-refractivity contribution in [2.45, 2.75) is 9.87 Å². The van der Waals surface area contributed by atoms with Crippen molar-refractivity contribution in [2.24, 2.45) is 0 Å². The molecule has 11 heavy (non-hydrogen) atoms. The van der Waals surface area contributed by atoms with E-state index in [4.69, 9.17) is 11.6 Å². The number of alkyl halides is 1. The van der Waals surface area contributed by atoms with Crippen LogP contribution in [0.25, 0.3) is 0 Å². The van der Waals surface area contributed by atoms with Crippen LogP contribution in [-0.2, 0) is 0 Å². The summed E-state index contributed by atoms with van der Waals surface area (Å²) >= 11 is 7.13. The fourth-order valence-electron chi connectivity index (χ4n) is 0.495. The minimum atomic E-state index is -0.155. The molecule has 0 bridgehead atoms. The van der Waals surface area contributed by atoms with Crippen molar-refractivity contribution < 1.29 is 0 Å². The lowest BCUT2D eigenvalue weighted by Crippen LogP contribution is -1.89. The fraction of sp³-hybridized carbons (Fsp3) is 0.143. The molecule has 1 aromatic heterocycles. The molecule has 1 rings (SSSR count). The Kier molecular flexibility index (Phi) is 3.39. The molecule has 1 aromatic rings. The third kappa shape index (κ3) is 2.91. The van der Waals surface area contributed by atoms with Crippen LogP contribution in [0.3, 0.4) is 0 Å². The molecule has 0 saturated carbocycles. The van der Waals surface area contributed by atoms with Crippen LogP contribution in [0.2, 0.25) is 0 Å². The van der Waals surface area contributed by atoms with Crippen molar-refractivity contribution in [1.82, 2.24) is 9.97 Å². The molecule has 0 amide bonds. The first-order chi connectivity index (χ1) is 5.33. The first-order valence-electron chi connectivity index (χ1n) is 3.03. The maximum Gasteiger partial charge on any atom is 0.189 e. The Hall–Kier alpha value is -0.540. The van der Waals surface area contributed by atoms with Crippen LogP contribution in [0, 0.1) is 0 Å². The van der Waals surface area contributed by atoms with Gasteiger partial charge in [-0.15, -0.1) is 18.2 Å². The molecule has 58 valence electrons. The monoisotopic (exact) mass is 186 g/mol. The highest BCUT2D eigenvalue weighted by molar-refractivity contribution is 8.01. The highest BCUT2D eigenvalue weighted by atomic mass is 35.5. The van der Waals surface area contributed by atoms with Crippen LogP contribution < -0.4 is 0 Å². The van der Waals surface area contributed by atoms with Crippen LogP contribution in [-0.4, -0.2) is 14.7 Å². The smallest absolute Gasteiger partial charge is 0.189 e. The largest absolute Gasteiger partial charge is 0.231 e. The Morgan fingerprint density at radius 3 is 2.73 bits per heavy atom. The summed E-state index contributed by atoms with van der Waals surface area (Å²) in [6.07, 6.45) is 5.01. The van der Waals surface area contributed by atoms with Crippen molar-refractivity contribution in [3.05, 3.63) is 31.1 Å². The first-order valence-corrected chi connectivity index (χ1v) is 4.35. The van der Waals surface area contributed by atoms with E-state index in [9.17, 15) is 0 Å². The number of rotatable bonds is 3. The van der Waals surface area contributed by atoms with Gasteiger partial charge in [0.1, 0.15) is 4.71 Å². The van der Waals surface area contributed by atoms with E-state index in [0.717, 1.165) is 0 Å². The molecule has 1 unspecified atom stereocenters. The summed E-state index contributed by atoms with van der Waals surface area (Å²) in [5.41, 5.74) is 0. The van der Waals surface area contributed by atoms with Gasteiger partial charge in [-0.2, -0.15) is 0 Å². The molecule has 1 heterocycles. The summed E-state index contributed by atoms with van der Waals surface area (Å²) < 4.78 is -0.155. The van der Waals surface area contributed by atoms with E-state index in [2.05, 4.69) is 16.5 Å². The van der Waals surface area contributed by atoms with Crippen molar-refractivity contribution >= 4 is 23.4 Å². The zero-order valence-electron chi connectivity index (χ0n) is 5.77. The predicted octanol–water partition coefficient (Wildman–Crippen LogP) is 2.32. The van der Waals surface area contributed by atoms with Gasteiger partial charge in [-0.1, -0.05) is 17.8 Å². The third-order valence-electron chi connectivity index (χ3n) is 0.945. The van der Waals surface area contributed by atoms with Crippen molar-refractivity contribution in [3.63, 3.8) is 0 Å². The van der Waals surface area contributed by atoms with E-state index in [1.165, 1.54) is 11.8 Å². The average molecular weight is 187 g/mol. The molecule has 0 N–H and O–H groups in total. The van der Waals surface area contributed by atoms with Gasteiger partial charge in [0.2, 0.25) is 0 Å². The maximum atomic E-state index is 5.76. The van der Waals surface area contributed by atoms with E-state index < -0.39 is 0 Å². The molecular weight excluding hydrogens is 180 g/mol. The average Bonchev–Trinajstić information content (AvgIpc) is 2.06. The molecule has 0 fully saturated rings. The summed E-state index contributed by atoms with van der Waals surface area (Å²) in [6, 6.07) is 1.77. The summed E-state index contributed by atoms with van der Waals surface area (Å²) in [6.45, 7) is 3.55. The summed E-state index contributed by atoms with van der Waals surface area (Å²) in [7, 11) is 0. The third-order valence-corrected chi connectivity index (χ3v) is 2.23. The summed E-state index contributed by atoms with van der Waals surface area (Å²) in [5, 5.41) is 0.674. The maximum absolute atomic E-state index is 5.76. The number of nitrogens with zero attached hydrogens (tertiary/aromatic N) is 2. The van der Waals surface area contributed by atoms with Crippen LogP contribution in [0.5, 0.6) is 0 Å². The molecular formula is C7H7ClN2S. The molecule has 0 aliphatic carbocycles. The number of aromatic nitrogens is 2. The Bertz CT molecular complexity index is 227. The van der Waals surface area contributed by atoms with Gasteiger partial charge in [-0.25, -0.2) is 9.97 Å². The Balaban J connectivity index is 2.57. The van der Waals surface area contributed by atoms with E-state index in [0.29, 0.717) is 5.16 Å². The van der Waals surface area contributed by atoms with E-state index in [1.54, 1.807) is 24.5 Å². The molecule has 2 nitrogen and oxygen atoms in total. The number of hydrogen-bond acceptors (Lipinski definition) is 3. The van der Waals surface area contributed by atoms with Gasteiger partial charge in [0.05, 0.1) is 0 Å². The fourth-order valence-corrected chi connectivity index (χ4v) is 1.28. The highest BCUT2D eigenvalue weighted by Crippen LogP contribution is 2.21. The lowest BCUT2D eigenvalue weighted by Gasteiger charge is -1.99. The van der Waals surface area contributed by atoms with Crippen LogP contribution >= 0.6 is 23.4 Å². The molecule has 0 aliphatic rings. The minimum absolute atomic E-state index is 0.155. The normalized spacial score (nSPS) is 12.5. The quantitative estimate of drug-likeness (QED) is 0.314. The molecule has 1 atom stereocenters. The topological polar surface area (TPSA) is 25.8 Å². The number of halogens is 1. The lowest BCUT2D eigenvalue weighted by atomic mass is 10.7. The van der Waals surface area contributed by atoms with Gasteiger partial charge in [0, 0.05) is 12.4 Å². The standard InChI is InChI=1S/C7H7ClN2S/c1-2-6(8)11-7-9-4-3-5-10-7/h2-6H,1H2. The van der Waals surface area contributed by atoms with Crippen molar-refractivity contribution in [1.29, 1.82) is 0 Å². The predicted molar refractivity (Wildman–Crippen MR) is 47.7 cm³/mol. The Labute approximate surface area is 74.7 Å². The van der Waals surface area contributed by atoms with Crippen LogP contribution in [0.1, 0.15) is 0 Å². The van der Waals surface area contributed by atoms with Crippen molar-refractivity contribution in [3.8, 4) is 0 Å². The van der Waals surface area contributed by atoms with Gasteiger partial charge >= 0.3 is 0 Å². The van der Waals surface area contributed by atoms with Gasteiger partial charge in [-0.3, -0.25) is 0 Å². The Morgan fingerprint density at radius 1 is 1.55 bits per heavy atom. The second-order valence-corrected chi connectivity index (χ2v) is 3.57. The second kappa shape index (κ2) is 4.36. The van der Waals surface area contributed by atoms with E-state index in [1.807, 2.05) is 0 Å². The summed E-state index contributed by atoms with van der Waals surface area (Å²) in [4.78, 5) is 7.97. The molecule has 0 aliphatic heterocycles. The van der Waals surface area contributed by atoms with Crippen molar-refractivity contribution in [2.75, 3.05) is 0 Å². The van der Waals surface area contributed by atoms with Gasteiger partial charge in [0.15, 0.2) is 5.16 Å². The highest BCUT2D eigenvalue weighted by Gasteiger charge is 2.02. The number of thioether (sulfide) groups is 1. The zero-order valence-corrected chi connectivity index (χ0v) is 7.35. The second-order valence-electron chi connectivity index (χ2n) is 1.74. The van der Waals surface area contributed by atoms with Crippen LogP contribution in [0.4, 0.5) is 0 Å². The molecule has 0 radical (unpaired) electrons. The minimum Gasteiger partial charge on any atom is -0.231 e. The lowest BCUT2D eigenvalue weighted by molar-refractivity contribution is 0.967. The number of hydrogen-bond donors (Lipinski definition) is 0. The van der Waals surface area contributed by atoms with Crippen LogP contribution in [0.15, 0.2) is 36.3 Å². The SMILES string of the molecule is C=CC(Cl)Sc1ncccn1. The van der Waals surface area contributed by atoms with Gasteiger partial charge in [-0.05, 0) is 6.07 Å². The Morgan fingerprint density at radius 2 is 2.18 bits per heavy atom. The molecule has 4 heteroatoms. The summed E-state index contributed by atoms with van der Waals surface area (Å²) in [5.74, 6) is 0. The van der Waals surface area contributed by atoms with Gasteiger partial charge in [0.25, 0.3) is 0 Å². The molecule has 0 aromatic carbocycles. The van der Waals surface area contributed by atoms with Gasteiger partial charge < -0.3 is 0 Å². The molecule has 0 spiro atoms. The molecule has 0 saturated heterocycles. The van der Waals surface area contributed by atoms with E-state index >= 15 is 0 Å². The zero-order chi connectivity index (χ0) is 8.10. The first kappa shape index (κ1) is 8.56.